The predicted molar refractivity (Wildman–Crippen MR) is 65.6 cm³/mol. The zero-order chi connectivity index (χ0) is 14.9. The molecule has 4 atom stereocenters. The lowest BCUT2D eigenvalue weighted by molar-refractivity contribution is -0.156. The van der Waals surface area contributed by atoms with Gasteiger partial charge in [-0.25, -0.2) is 9.18 Å². The van der Waals surface area contributed by atoms with E-state index in [-0.39, 0.29) is 12.4 Å². The molecule has 0 radical (unpaired) electrons. The summed E-state index contributed by atoms with van der Waals surface area (Å²) in [4.78, 5) is 15.1. The second-order valence-corrected chi connectivity index (χ2v) is 4.60. The fourth-order valence-corrected chi connectivity index (χ4v) is 2.19. The van der Waals surface area contributed by atoms with Gasteiger partial charge in [-0.05, 0) is 6.07 Å². The number of hydrogen-bond donors (Lipinski definition) is 3. The molecule has 20 heavy (non-hydrogen) atoms. The van der Waals surface area contributed by atoms with Crippen LogP contribution in [0, 0.1) is 0 Å². The second-order valence-electron chi connectivity index (χ2n) is 4.60. The highest BCUT2D eigenvalue weighted by Crippen LogP contribution is 2.38. The summed E-state index contributed by atoms with van der Waals surface area (Å²) in [5.41, 5.74) is 2.91. The third kappa shape index (κ3) is 2.29. The first kappa shape index (κ1) is 14.9. The molecule has 1 saturated heterocycles. The predicted octanol–water partition coefficient (Wildman–Crippen LogP) is -1.57. The molecule has 2 heterocycles. The molecule has 1 aliphatic rings. The summed E-state index contributed by atoms with van der Waals surface area (Å²) >= 11 is 0. The first-order valence-corrected chi connectivity index (χ1v) is 5.89. The largest absolute Gasteiger partial charge is 0.393 e. The van der Waals surface area contributed by atoms with Crippen LogP contribution in [0.25, 0.3) is 0 Å². The van der Waals surface area contributed by atoms with E-state index in [1.54, 1.807) is 0 Å². The van der Waals surface area contributed by atoms with Crippen molar-refractivity contribution in [3.63, 3.8) is 0 Å². The van der Waals surface area contributed by atoms with Crippen molar-refractivity contribution in [2.75, 3.05) is 26.1 Å². The van der Waals surface area contributed by atoms with Crippen molar-refractivity contribution < 1.29 is 24.1 Å². The van der Waals surface area contributed by atoms with Gasteiger partial charge in [0.15, 0.2) is 12.4 Å². The Morgan fingerprint density at radius 3 is 2.95 bits per heavy atom. The van der Waals surface area contributed by atoms with E-state index >= 15 is 0 Å². The minimum absolute atomic E-state index is 0.00878. The molecule has 1 aliphatic heterocycles. The number of nitrogens with zero attached hydrogens (tertiary/aromatic N) is 2. The lowest BCUT2D eigenvalue weighted by Gasteiger charge is -2.28. The van der Waals surface area contributed by atoms with E-state index in [2.05, 4.69) is 4.98 Å². The molecular weight excluding hydrogens is 273 g/mol. The highest BCUT2D eigenvalue weighted by molar-refractivity contribution is 5.23. The molecule has 4 N–H and O–H groups in total. The molecule has 0 amide bonds. The maximum atomic E-state index is 14.2. The molecule has 0 aromatic carbocycles. The quantitative estimate of drug-likeness (QED) is 0.612. The van der Waals surface area contributed by atoms with Crippen molar-refractivity contribution >= 4 is 5.82 Å². The molecule has 0 aliphatic carbocycles. The molecule has 8 nitrogen and oxygen atoms in total. The van der Waals surface area contributed by atoms with Crippen LogP contribution in [0.1, 0.15) is 6.23 Å². The van der Waals surface area contributed by atoms with Gasteiger partial charge in [-0.15, -0.1) is 0 Å². The fraction of sp³-hybridized carbons (Fsp3) is 0.636. The van der Waals surface area contributed by atoms with Crippen molar-refractivity contribution in [1.29, 1.82) is 0 Å². The number of halogens is 1. The Labute approximate surface area is 113 Å². The summed E-state index contributed by atoms with van der Waals surface area (Å²) < 4.78 is 25.3. The smallest absolute Gasteiger partial charge is 0.351 e. The average molecular weight is 289 g/mol. The third-order valence-corrected chi connectivity index (χ3v) is 3.25. The molecule has 2 rings (SSSR count). The minimum Gasteiger partial charge on any atom is -0.393 e. The van der Waals surface area contributed by atoms with E-state index in [1.165, 1.54) is 19.4 Å². The highest BCUT2D eigenvalue weighted by atomic mass is 19.1. The maximum Gasteiger partial charge on any atom is 0.351 e. The van der Waals surface area contributed by atoms with Crippen molar-refractivity contribution in [3.8, 4) is 0 Å². The van der Waals surface area contributed by atoms with Gasteiger partial charge in [-0.1, -0.05) is 0 Å². The second kappa shape index (κ2) is 5.44. The first-order valence-electron chi connectivity index (χ1n) is 5.89. The van der Waals surface area contributed by atoms with E-state index in [9.17, 15) is 19.4 Å². The normalized spacial score (nSPS) is 33.5. The summed E-state index contributed by atoms with van der Waals surface area (Å²) in [5, 5.41) is 19.3. The molecular formula is C11H16FN3O5. The van der Waals surface area contributed by atoms with Crippen LogP contribution in [0.3, 0.4) is 0 Å². The number of aliphatic hydroxyl groups excluding tert-OH is 2. The number of rotatable bonds is 4. The molecule has 0 spiro atoms. The minimum atomic E-state index is -1.92. The zero-order valence-corrected chi connectivity index (χ0v) is 10.8. The summed E-state index contributed by atoms with van der Waals surface area (Å²) in [5.74, 6) is -0.00878. The fourth-order valence-electron chi connectivity index (χ4n) is 2.19. The zero-order valence-electron chi connectivity index (χ0n) is 10.8. The average Bonchev–Trinajstić information content (AvgIpc) is 2.65. The number of aromatic nitrogens is 2. The molecule has 4 unspecified atom stereocenters. The summed E-state index contributed by atoms with van der Waals surface area (Å²) in [6.07, 6.45) is -3.75. The number of aliphatic hydroxyl groups is 2. The van der Waals surface area contributed by atoms with E-state index in [0.29, 0.717) is 0 Å². The van der Waals surface area contributed by atoms with Crippen LogP contribution in [-0.4, -0.2) is 58.0 Å². The molecule has 112 valence electrons. The standard InChI is InChI=1S/C11H16FN3O5/c1-19-5-11(4-16)8(17)7(12)9(20-11)15-3-2-6(13)14-10(15)18/h2-3,7-9,16-17H,4-5H2,1H3,(H2,13,14,18). The van der Waals surface area contributed by atoms with Gasteiger partial charge in [-0.3, -0.25) is 4.57 Å². The number of anilines is 1. The van der Waals surface area contributed by atoms with Crippen molar-refractivity contribution in [2.24, 2.45) is 0 Å². The summed E-state index contributed by atoms with van der Waals surface area (Å²) in [7, 11) is 1.32. The molecule has 1 fully saturated rings. The van der Waals surface area contributed by atoms with Gasteiger partial charge in [-0.2, -0.15) is 4.98 Å². The van der Waals surface area contributed by atoms with E-state index < -0.39 is 36.4 Å². The van der Waals surface area contributed by atoms with Gasteiger partial charge in [0.1, 0.15) is 17.5 Å². The number of hydrogen-bond acceptors (Lipinski definition) is 7. The SMILES string of the molecule is COCC1(CO)OC(n2ccc(N)nc2=O)C(F)C1O. The summed E-state index contributed by atoms with van der Waals surface area (Å²) in [6, 6.07) is 1.30. The Balaban J connectivity index is 2.37. The van der Waals surface area contributed by atoms with Gasteiger partial charge in [0.25, 0.3) is 0 Å². The number of methoxy groups -OCH3 is 1. The Kier molecular flexibility index (Phi) is 4.04. The van der Waals surface area contributed by atoms with Crippen molar-refractivity contribution in [1.82, 2.24) is 9.55 Å². The van der Waals surface area contributed by atoms with Gasteiger partial charge < -0.3 is 25.4 Å². The monoisotopic (exact) mass is 289 g/mol. The Hall–Kier alpha value is -1.55. The van der Waals surface area contributed by atoms with Crippen LogP contribution in [0.4, 0.5) is 10.2 Å². The Morgan fingerprint density at radius 2 is 2.40 bits per heavy atom. The van der Waals surface area contributed by atoms with Gasteiger partial charge in [0.05, 0.1) is 13.2 Å². The van der Waals surface area contributed by atoms with Gasteiger partial charge in [0.2, 0.25) is 0 Å². The van der Waals surface area contributed by atoms with Gasteiger partial charge >= 0.3 is 5.69 Å². The van der Waals surface area contributed by atoms with Crippen LogP contribution in [0.5, 0.6) is 0 Å². The van der Waals surface area contributed by atoms with Crippen molar-refractivity contribution in [2.45, 2.75) is 24.1 Å². The molecule has 1 aromatic rings. The first-order chi connectivity index (χ1) is 9.45. The number of ether oxygens (including phenoxy) is 2. The van der Waals surface area contributed by atoms with Crippen LogP contribution in [-0.2, 0) is 9.47 Å². The molecule has 9 heteroatoms. The van der Waals surface area contributed by atoms with E-state index in [4.69, 9.17) is 15.2 Å². The number of nitrogens with two attached hydrogens (primary N) is 1. The Bertz CT molecular complexity index is 539. The summed E-state index contributed by atoms with van der Waals surface area (Å²) in [6.45, 7) is -0.880. The third-order valence-electron chi connectivity index (χ3n) is 3.25. The number of nitrogen functional groups attached to an aromatic ring is 1. The Morgan fingerprint density at radius 1 is 1.70 bits per heavy atom. The topological polar surface area (TPSA) is 120 Å². The lowest BCUT2D eigenvalue weighted by atomic mass is 9.98. The van der Waals surface area contributed by atoms with Gasteiger partial charge in [0, 0.05) is 13.3 Å². The maximum absolute atomic E-state index is 14.2. The van der Waals surface area contributed by atoms with E-state index in [0.717, 1.165) is 4.57 Å². The lowest BCUT2D eigenvalue weighted by Crippen LogP contribution is -2.49. The van der Waals surface area contributed by atoms with Crippen LogP contribution >= 0.6 is 0 Å². The molecule has 0 saturated carbocycles. The van der Waals surface area contributed by atoms with Crippen molar-refractivity contribution in [3.05, 3.63) is 22.7 Å². The van der Waals surface area contributed by atoms with Crippen LogP contribution < -0.4 is 11.4 Å². The highest BCUT2D eigenvalue weighted by Gasteiger charge is 2.56. The van der Waals surface area contributed by atoms with E-state index in [1.807, 2.05) is 0 Å². The molecule has 0 bridgehead atoms. The molecule has 1 aromatic heterocycles. The number of alkyl halides is 1. The van der Waals surface area contributed by atoms with Crippen LogP contribution in [0.2, 0.25) is 0 Å². The van der Waals surface area contributed by atoms with Crippen LogP contribution in [0.15, 0.2) is 17.1 Å².